The predicted molar refractivity (Wildman–Crippen MR) is 297 cm³/mol. The SMILES string of the molecule is CCCCCCCCCCCC(CCCC)CCCCCCCCCCCCCCCCCC(CCCCCCCC)(C(CC)CCCCCCC)C(CC)CCCCCCCCC. The van der Waals surface area contributed by atoms with Crippen LogP contribution in [0.3, 0.4) is 0 Å². The molecule has 0 radical (unpaired) electrons. The maximum absolute atomic E-state index is 2.60. The van der Waals surface area contributed by atoms with Crippen LogP contribution in [0.2, 0.25) is 0 Å². The maximum Gasteiger partial charge on any atom is -0.0241 e. The Hall–Kier alpha value is 0. The third-order valence-corrected chi connectivity index (χ3v) is 16.9. The first-order valence-electron chi connectivity index (χ1n) is 31.6. The number of rotatable bonds is 56. The minimum Gasteiger partial charge on any atom is -0.0654 e. The first-order chi connectivity index (χ1) is 31.6. The highest BCUT2D eigenvalue weighted by Crippen LogP contribution is 2.52. The molecule has 0 amide bonds. The molecule has 0 saturated heterocycles. The highest BCUT2D eigenvalue weighted by molar-refractivity contribution is 4.92. The molecule has 0 fully saturated rings. The molecule has 64 heavy (non-hydrogen) atoms. The smallest absolute Gasteiger partial charge is 0.0241 e. The van der Waals surface area contributed by atoms with Crippen LogP contribution in [0, 0.1) is 23.2 Å². The summed E-state index contributed by atoms with van der Waals surface area (Å²) in [6.45, 7) is 17.0. The first kappa shape index (κ1) is 64.0. The third-order valence-electron chi connectivity index (χ3n) is 16.9. The highest BCUT2D eigenvalue weighted by Gasteiger charge is 2.42. The monoisotopic (exact) mass is 899 g/mol. The predicted octanol–water partition coefficient (Wildman–Crippen LogP) is 24.6. The second-order valence-electron chi connectivity index (χ2n) is 22.5. The molecule has 0 aliphatic rings. The number of hydrogen-bond donors (Lipinski definition) is 0. The summed E-state index contributed by atoms with van der Waals surface area (Å²) in [7, 11) is 0. The molecule has 0 N–H and O–H groups in total. The van der Waals surface area contributed by atoms with Crippen molar-refractivity contribution in [1.82, 2.24) is 0 Å². The minimum atomic E-state index is 0.602. The Morgan fingerprint density at radius 2 is 0.406 bits per heavy atom. The van der Waals surface area contributed by atoms with Crippen molar-refractivity contribution < 1.29 is 0 Å². The van der Waals surface area contributed by atoms with E-state index in [1.54, 1.807) is 12.8 Å². The van der Waals surface area contributed by atoms with Gasteiger partial charge in [0.15, 0.2) is 0 Å². The highest BCUT2D eigenvalue weighted by atomic mass is 14.5. The second kappa shape index (κ2) is 52.4. The maximum atomic E-state index is 2.60. The molecule has 0 aliphatic carbocycles. The van der Waals surface area contributed by atoms with Crippen molar-refractivity contribution >= 4 is 0 Å². The van der Waals surface area contributed by atoms with Gasteiger partial charge in [0.25, 0.3) is 0 Å². The van der Waals surface area contributed by atoms with E-state index in [1.807, 2.05) is 0 Å². The van der Waals surface area contributed by atoms with E-state index in [0.717, 1.165) is 17.8 Å². The summed E-state index contributed by atoms with van der Waals surface area (Å²) in [6.07, 6.45) is 78.2. The summed E-state index contributed by atoms with van der Waals surface area (Å²) >= 11 is 0. The van der Waals surface area contributed by atoms with Gasteiger partial charge in [-0.3, -0.25) is 0 Å². The van der Waals surface area contributed by atoms with Crippen LogP contribution in [0.4, 0.5) is 0 Å². The van der Waals surface area contributed by atoms with Gasteiger partial charge in [-0.2, -0.15) is 0 Å². The van der Waals surface area contributed by atoms with Gasteiger partial charge in [0.2, 0.25) is 0 Å². The van der Waals surface area contributed by atoms with Gasteiger partial charge in [0.1, 0.15) is 0 Å². The Morgan fingerprint density at radius 3 is 0.656 bits per heavy atom. The number of unbranched alkanes of at least 4 members (excludes halogenated alkanes) is 38. The van der Waals surface area contributed by atoms with Crippen molar-refractivity contribution in [2.24, 2.45) is 23.2 Å². The van der Waals surface area contributed by atoms with E-state index in [0.29, 0.717) is 5.41 Å². The van der Waals surface area contributed by atoms with Crippen molar-refractivity contribution in [2.75, 3.05) is 0 Å². The van der Waals surface area contributed by atoms with Crippen LogP contribution in [0.1, 0.15) is 389 Å². The molecule has 0 spiro atoms. The van der Waals surface area contributed by atoms with Gasteiger partial charge in [-0.05, 0) is 48.9 Å². The molecule has 0 heteroatoms. The van der Waals surface area contributed by atoms with Crippen molar-refractivity contribution in [1.29, 1.82) is 0 Å². The summed E-state index contributed by atoms with van der Waals surface area (Å²) in [4.78, 5) is 0. The minimum absolute atomic E-state index is 0.602. The number of hydrogen-bond acceptors (Lipinski definition) is 0. The molecular weight excluding hydrogens is 769 g/mol. The Morgan fingerprint density at radius 1 is 0.203 bits per heavy atom. The molecule has 4 unspecified atom stereocenters. The first-order valence-corrected chi connectivity index (χ1v) is 31.6. The molecule has 386 valence electrons. The van der Waals surface area contributed by atoms with Gasteiger partial charge in [-0.1, -0.05) is 363 Å². The zero-order valence-electron chi connectivity index (χ0n) is 46.7. The molecule has 0 bridgehead atoms. The van der Waals surface area contributed by atoms with E-state index in [4.69, 9.17) is 0 Å². The summed E-state index contributed by atoms with van der Waals surface area (Å²) in [5.41, 5.74) is 0.602. The molecule has 0 aromatic carbocycles. The summed E-state index contributed by atoms with van der Waals surface area (Å²) < 4.78 is 0. The van der Waals surface area contributed by atoms with Crippen LogP contribution >= 0.6 is 0 Å². The third kappa shape index (κ3) is 38.9. The van der Waals surface area contributed by atoms with Gasteiger partial charge >= 0.3 is 0 Å². The lowest BCUT2D eigenvalue weighted by molar-refractivity contribution is 0.0213. The fourth-order valence-electron chi connectivity index (χ4n) is 12.5. The normalized spacial score (nSPS) is 14.3. The van der Waals surface area contributed by atoms with E-state index in [9.17, 15) is 0 Å². The van der Waals surface area contributed by atoms with Crippen LogP contribution in [0.25, 0.3) is 0 Å². The fraction of sp³-hybridized carbons (Fsp3) is 1.00. The van der Waals surface area contributed by atoms with E-state index in [2.05, 4.69) is 48.5 Å². The van der Waals surface area contributed by atoms with E-state index in [1.165, 1.54) is 327 Å². The summed E-state index contributed by atoms with van der Waals surface area (Å²) in [6, 6.07) is 0. The summed E-state index contributed by atoms with van der Waals surface area (Å²) in [5, 5.41) is 0. The second-order valence-corrected chi connectivity index (χ2v) is 22.5. The Balaban J connectivity index is 4.65. The molecule has 0 heterocycles. The Labute approximate surface area is 410 Å². The van der Waals surface area contributed by atoms with Gasteiger partial charge < -0.3 is 0 Å². The summed E-state index contributed by atoms with van der Waals surface area (Å²) in [5.74, 6) is 2.93. The van der Waals surface area contributed by atoms with E-state index in [-0.39, 0.29) is 0 Å². The molecule has 0 aromatic rings. The van der Waals surface area contributed by atoms with Crippen LogP contribution in [-0.2, 0) is 0 Å². The molecule has 0 saturated carbocycles. The van der Waals surface area contributed by atoms with Gasteiger partial charge in [-0.15, -0.1) is 0 Å². The zero-order valence-corrected chi connectivity index (χ0v) is 46.7. The standard InChI is InChI=1S/C64H130/c1-8-15-20-24-27-35-39-43-48-55-61(54-19-12-5)56-49-44-40-36-33-31-29-28-30-32-34-37-41-47-53-60-64(59-52-46-26-22-17-10-3,62(13-6)57-50-42-23-18-11-4)63(14-7)58-51-45-38-25-21-16-9-2/h61-63H,8-60H2,1-7H3. The Kier molecular flexibility index (Phi) is 52.4. The van der Waals surface area contributed by atoms with E-state index < -0.39 is 0 Å². The molecular formula is C64H130. The zero-order chi connectivity index (χ0) is 46.7. The molecule has 0 nitrogen and oxygen atoms in total. The average molecular weight is 900 g/mol. The van der Waals surface area contributed by atoms with Crippen LogP contribution in [0.15, 0.2) is 0 Å². The lowest BCUT2D eigenvalue weighted by atomic mass is 9.57. The van der Waals surface area contributed by atoms with Gasteiger partial charge in [-0.25, -0.2) is 0 Å². The average Bonchev–Trinajstić information content (AvgIpc) is 3.31. The van der Waals surface area contributed by atoms with Crippen molar-refractivity contribution in [3.63, 3.8) is 0 Å². The van der Waals surface area contributed by atoms with Crippen molar-refractivity contribution in [3.8, 4) is 0 Å². The Bertz CT molecular complexity index is 828. The molecule has 0 aliphatic heterocycles. The van der Waals surface area contributed by atoms with Crippen LogP contribution < -0.4 is 0 Å². The largest absolute Gasteiger partial charge is 0.0654 e. The van der Waals surface area contributed by atoms with Gasteiger partial charge in [0, 0.05) is 0 Å². The van der Waals surface area contributed by atoms with Gasteiger partial charge in [0.05, 0.1) is 0 Å². The molecule has 0 aromatic heterocycles. The quantitative estimate of drug-likeness (QED) is 0.0534. The van der Waals surface area contributed by atoms with Crippen molar-refractivity contribution in [2.45, 2.75) is 389 Å². The fourth-order valence-corrected chi connectivity index (χ4v) is 12.5. The molecule has 0 rings (SSSR count). The van der Waals surface area contributed by atoms with E-state index >= 15 is 0 Å². The molecule has 4 atom stereocenters. The van der Waals surface area contributed by atoms with Crippen molar-refractivity contribution in [3.05, 3.63) is 0 Å². The topological polar surface area (TPSA) is 0 Å². The lowest BCUT2D eigenvalue weighted by Gasteiger charge is -2.48. The lowest BCUT2D eigenvalue weighted by Crippen LogP contribution is -2.38. The van der Waals surface area contributed by atoms with Crippen LogP contribution in [-0.4, -0.2) is 0 Å². The van der Waals surface area contributed by atoms with Crippen LogP contribution in [0.5, 0.6) is 0 Å².